The van der Waals surface area contributed by atoms with Gasteiger partial charge in [0.05, 0.1) is 13.0 Å². The number of nitrogens with one attached hydrogen (secondary N) is 1. The van der Waals surface area contributed by atoms with Gasteiger partial charge >= 0.3 is 5.97 Å². The molecule has 0 atom stereocenters. The number of rotatable bonds is 9. The molecule has 1 aromatic carbocycles. The summed E-state index contributed by atoms with van der Waals surface area (Å²) in [4.78, 5) is 21.8. The summed E-state index contributed by atoms with van der Waals surface area (Å²) in [7, 11) is 0. The van der Waals surface area contributed by atoms with Gasteiger partial charge in [-0.3, -0.25) is 9.59 Å². The minimum Gasteiger partial charge on any atom is -0.494 e. The summed E-state index contributed by atoms with van der Waals surface area (Å²) in [5, 5.41) is 11.2. The smallest absolute Gasteiger partial charge is 0.303 e. The molecular formula is C15H21NO4. The first-order valence-electron chi connectivity index (χ1n) is 6.82. The lowest BCUT2D eigenvalue weighted by Gasteiger charge is -2.08. The van der Waals surface area contributed by atoms with Crippen molar-refractivity contribution in [1.29, 1.82) is 0 Å². The predicted molar refractivity (Wildman–Crippen MR) is 75.6 cm³/mol. The summed E-state index contributed by atoms with van der Waals surface area (Å²) in [5.41, 5.74) is 0.933. The number of aliphatic carboxylic acids is 1. The molecule has 1 rings (SSSR count). The van der Waals surface area contributed by atoms with Crippen molar-refractivity contribution in [3.63, 3.8) is 0 Å². The SMILES string of the molecule is CCCCOc1cccc(CNC(=O)CCC(=O)O)c1. The van der Waals surface area contributed by atoms with Crippen molar-refractivity contribution < 1.29 is 19.4 Å². The molecule has 1 aromatic rings. The topological polar surface area (TPSA) is 75.6 Å². The fraction of sp³-hybridized carbons (Fsp3) is 0.467. The summed E-state index contributed by atoms with van der Waals surface area (Å²) in [6, 6.07) is 7.53. The van der Waals surface area contributed by atoms with Crippen molar-refractivity contribution in [2.75, 3.05) is 6.61 Å². The molecule has 0 aliphatic carbocycles. The van der Waals surface area contributed by atoms with Crippen molar-refractivity contribution >= 4 is 11.9 Å². The van der Waals surface area contributed by atoms with Crippen LogP contribution in [0.25, 0.3) is 0 Å². The highest BCUT2D eigenvalue weighted by Gasteiger charge is 2.05. The van der Waals surface area contributed by atoms with E-state index < -0.39 is 5.97 Å². The fourth-order valence-corrected chi connectivity index (χ4v) is 1.59. The minimum absolute atomic E-state index is 0.00201. The second-order valence-electron chi connectivity index (χ2n) is 4.52. The van der Waals surface area contributed by atoms with Gasteiger partial charge in [-0.25, -0.2) is 0 Å². The van der Waals surface area contributed by atoms with Crippen molar-refractivity contribution in [2.24, 2.45) is 0 Å². The van der Waals surface area contributed by atoms with Crippen LogP contribution in [0.3, 0.4) is 0 Å². The number of unbranched alkanes of at least 4 members (excludes halogenated alkanes) is 1. The van der Waals surface area contributed by atoms with Gasteiger partial charge in [0.2, 0.25) is 5.91 Å². The molecule has 2 N–H and O–H groups in total. The van der Waals surface area contributed by atoms with Crippen molar-refractivity contribution in [3.05, 3.63) is 29.8 Å². The molecule has 0 aromatic heterocycles. The monoisotopic (exact) mass is 279 g/mol. The van der Waals surface area contributed by atoms with Crippen LogP contribution in [-0.4, -0.2) is 23.6 Å². The minimum atomic E-state index is -0.966. The quantitative estimate of drug-likeness (QED) is 0.680. The maximum atomic E-state index is 11.4. The molecule has 5 nitrogen and oxygen atoms in total. The normalized spacial score (nSPS) is 10.1. The van der Waals surface area contributed by atoms with E-state index in [1.807, 2.05) is 24.3 Å². The number of carboxylic acid groups (broad SMARTS) is 1. The van der Waals surface area contributed by atoms with Gasteiger partial charge in [-0.15, -0.1) is 0 Å². The number of amides is 1. The average Bonchev–Trinajstić information content (AvgIpc) is 2.43. The Morgan fingerprint density at radius 2 is 2.10 bits per heavy atom. The second kappa shape index (κ2) is 8.96. The van der Waals surface area contributed by atoms with E-state index in [0.29, 0.717) is 13.2 Å². The first-order chi connectivity index (χ1) is 9.61. The zero-order chi connectivity index (χ0) is 14.8. The van der Waals surface area contributed by atoms with Crippen LogP contribution >= 0.6 is 0 Å². The van der Waals surface area contributed by atoms with Crippen LogP contribution in [0.1, 0.15) is 38.2 Å². The van der Waals surface area contributed by atoms with E-state index in [2.05, 4.69) is 12.2 Å². The number of carboxylic acids is 1. The molecule has 0 spiro atoms. The highest BCUT2D eigenvalue weighted by molar-refractivity contribution is 5.80. The van der Waals surface area contributed by atoms with Crippen LogP contribution in [0, 0.1) is 0 Å². The maximum absolute atomic E-state index is 11.4. The van der Waals surface area contributed by atoms with Crippen LogP contribution in [0.2, 0.25) is 0 Å². The standard InChI is InChI=1S/C15H21NO4/c1-2-3-9-20-13-6-4-5-12(10-13)11-16-14(17)7-8-15(18)19/h4-6,10H,2-3,7-9,11H2,1H3,(H,16,17)(H,18,19). The Hall–Kier alpha value is -2.04. The van der Waals surface area contributed by atoms with Crippen LogP contribution in [0.4, 0.5) is 0 Å². The zero-order valence-electron chi connectivity index (χ0n) is 11.7. The van der Waals surface area contributed by atoms with Gasteiger partial charge < -0.3 is 15.2 Å². The van der Waals surface area contributed by atoms with Crippen molar-refractivity contribution in [1.82, 2.24) is 5.32 Å². The average molecular weight is 279 g/mol. The van der Waals surface area contributed by atoms with Gasteiger partial charge in [-0.05, 0) is 24.1 Å². The Balaban J connectivity index is 2.37. The molecule has 0 saturated carbocycles. The zero-order valence-corrected chi connectivity index (χ0v) is 11.7. The van der Waals surface area contributed by atoms with E-state index in [1.165, 1.54) is 0 Å². The predicted octanol–water partition coefficient (Wildman–Crippen LogP) is 2.35. The number of hydrogen-bond donors (Lipinski definition) is 2. The Morgan fingerprint density at radius 3 is 2.80 bits per heavy atom. The lowest BCUT2D eigenvalue weighted by molar-refractivity contribution is -0.138. The van der Waals surface area contributed by atoms with Gasteiger partial charge in [0.25, 0.3) is 0 Å². The first-order valence-corrected chi connectivity index (χ1v) is 6.82. The van der Waals surface area contributed by atoms with Gasteiger partial charge in [-0.2, -0.15) is 0 Å². The molecule has 5 heteroatoms. The van der Waals surface area contributed by atoms with Crippen LogP contribution in [-0.2, 0) is 16.1 Å². The largest absolute Gasteiger partial charge is 0.494 e. The van der Waals surface area contributed by atoms with E-state index in [-0.39, 0.29) is 18.7 Å². The molecule has 20 heavy (non-hydrogen) atoms. The molecular weight excluding hydrogens is 258 g/mol. The van der Waals surface area contributed by atoms with Gasteiger partial charge in [-0.1, -0.05) is 25.5 Å². The molecule has 0 unspecified atom stereocenters. The van der Waals surface area contributed by atoms with E-state index in [1.54, 1.807) is 0 Å². The Labute approximate surface area is 118 Å². The van der Waals surface area contributed by atoms with E-state index in [4.69, 9.17) is 9.84 Å². The molecule has 0 saturated heterocycles. The molecule has 0 heterocycles. The van der Waals surface area contributed by atoms with Gasteiger partial charge in [0.15, 0.2) is 0 Å². The van der Waals surface area contributed by atoms with Crippen LogP contribution in [0.5, 0.6) is 5.75 Å². The summed E-state index contributed by atoms with van der Waals surface area (Å²) >= 11 is 0. The first kappa shape index (κ1) is 16.0. The summed E-state index contributed by atoms with van der Waals surface area (Å²) in [5.74, 6) is -0.438. The molecule has 110 valence electrons. The summed E-state index contributed by atoms with van der Waals surface area (Å²) < 4.78 is 5.58. The third kappa shape index (κ3) is 6.78. The number of benzene rings is 1. The van der Waals surface area contributed by atoms with Crippen LogP contribution in [0.15, 0.2) is 24.3 Å². The second-order valence-corrected chi connectivity index (χ2v) is 4.52. The Kier molecular flexibility index (Phi) is 7.17. The van der Waals surface area contributed by atoms with Crippen LogP contribution < -0.4 is 10.1 Å². The lowest BCUT2D eigenvalue weighted by Crippen LogP contribution is -2.23. The molecule has 0 fully saturated rings. The highest BCUT2D eigenvalue weighted by atomic mass is 16.5. The fourth-order valence-electron chi connectivity index (χ4n) is 1.59. The third-order valence-corrected chi connectivity index (χ3v) is 2.72. The van der Waals surface area contributed by atoms with E-state index in [0.717, 1.165) is 24.2 Å². The Morgan fingerprint density at radius 1 is 1.30 bits per heavy atom. The highest BCUT2D eigenvalue weighted by Crippen LogP contribution is 2.13. The van der Waals surface area contributed by atoms with Crippen molar-refractivity contribution in [3.8, 4) is 5.75 Å². The molecule has 0 aliphatic rings. The number of ether oxygens (including phenoxy) is 1. The molecule has 1 amide bonds. The molecule has 0 radical (unpaired) electrons. The number of hydrogen-bond acceptors (Lipinski definition) is 3. The lowest BCUT2D eigenvalue weighted by atomic mass is 10.2. The number of carbonyl (C=O) groups is 2. The summed E-state index contributed by atoms with van der Waals surface area (Å²) in [6.45, 7) is 3.17. The van der Waals surface area contributed by atoms with Gasteiger partial charge in [0, 0.05) is 13.0 Å². The summed E-state index contributed by atoms with van der Waals surface area (Å²) in [6.07, 6.45) is 1.95. The number of carbonyl (C=O) groups excluding carboxylic acids is 1. The van der Waals surface area contributed by atoms with E-state index in [9.17, 15) is 9.59 Å². The third-order valence-electron chi connectivity index (χ3n) is 2.72. The van der Waals surface area contributed by atoms with Gasteiger partial charge in [0.1, 0.15) is 5.75 Å². The van der Waals surface area contributed by atoms with Crippen molar-refractivity contribution in [2.45, 2.75) is 39.2 Å². The van der Waals surface area contributed by atoms with E-state index >= 15 is 0 Å². The maximum Gasteiger partial charge on any atom is 0.303 e. The molecule has 0 bridgehead atoms. The Bertz CT molecular complexity index is 445. The molecule has 0 aliphatic heterocycles.